The van der Waals surface area contributed by atoms with E-state index in [1.165, 1.54) is 0 Å². The van der Waals surface area contributed by atoms with Crippen LogP contribution in [0.1, 0.15) is 0 Å². The molecule has 1 heterocycles. The minimum atomic E-state index is 0.631. The summed E-state index contributed by atoms with van der Waals surface area (Å²) in [6.45, 7) is 2.23. The molecule has 0 aromatic heterocycles. The first-order valence-corrected chi connectivity index (χ1v) is 5.42. The van der Waals surface area contributed by atoms with Crippen LogP contribution in [0.2, 0.25) is 0 Å². The second-order valence-corrected chi connectivity index (χ2v) is 3.41. The maximum absolute atomic E-state index is 7.04. The third-order valence-electron chi connectivity index (χ3n) is 2.28. The molecule has 2 N–H and O–H groups in total. The van der Waals surface area contributed by atoms with Gasteiger partial charge in [0, 0.05) is 20.6 Å². The van der Waals surface area contributed by atoms with E-state index in [1.807, 2.05) is 13.1 Å². The molecule has 1 rings (SSSR count). The fraction of sp³-hybridized carbons (Fsp3) is 0.455. The largest absolute Gasteiger partial charge is 0.394 e. The van der Waals surface area contributed by atoms with E-state index in [4.69, 9.17) is 5.41 Å². The Kier molecular flexibility index (Phi) is 5.63. The summed E-state index contributed by atoms with van der Waals surface area (Å²) in [5, 5.41) is 9.95. The maximum atomic E-state index is 7.04. The zero-order chi connectivity index (χ0) is 12.5. The van der Waals surface area contributed by atoms with Gasteiger partial charge in [0.25, 0.3) is 0 Å². The highest BCUT2D eigenvalue weighted by molar-refractivity contribution is 6.30. The molecule has 17 heavy (non-hydrogen) atoms. The molecule has 0 aromatic carbocycles. The van der Waals surface area contributed by atoms with Gasteiger partial charge in [0.2, 0.25) is 0 Å². The summed E-state index contributed by atoms with van der Waals surface area (Å²) < 4.78 is 0. The molecule has 6 heteroatoms. The van der Waals surface area contributed by atoms with Crippen LogP contribution in [-0.2, 0) is 0 Å². The van der Waals surface area contributed by atoms with Crippen molar-refractivity contribution in [2.75, 3.05) is 33.7 Å². The summed E-state index contributed by atoms with van der Waals surface area (Å²) in [7, 11) is 3.57. The Hall–Kier alpha value is -1.98. The van der Waals surface area contributed by atoms with Crippen LogP contribution in [0.5, 0.6) is 0 Å². The highest BCUT2D eigenvalue weighted by Crippen LogP contribution is 1.98. The van der Waals surface area contributed by atoms with Gasteiger partial charge in [0.05, 0.1) is 25.0 Å². The Bertz CT molecular complexity index is 366. The van der Waals surface area contributed by atoms with Gasteiger partial charge in [-0.05, 0) is 12.3 Å². The topological polar surface area (TPSA) is 76.2 Å². The van der Waals surface area contributed by atoms with Crippen LogP contribution in [0, 0.1) is 5.41 Å². The Labute approximate surface area is 101 Å². The molecule has 0 unspecified atom stereocenters. The SMILES string of the molecule is C/N=C1/C=NCCN1CC(/C=C/NC)=N/C=N. The van der Waals surface area contributed by atoms with Crippen LogP contribution in [0.3, 0.4) is 0 Å². The average molecular weight is 234 g/mol. The molecule has 1 aliphatic rings. The fourth-order valence-corrected chi connectivity index (χ4v) is 1.47. The van der Waals surface area contributed by atoms with E-state index in [0.717, 1.165) is 31.0 Å². The number of aliphatic imine (C=N–C) groups is 3. The van der Waals surface area contributed by atoms with Gasteiger partial charge in [-0.2, -0.15) is 0 Å². The van der Waals surface area contributed by atoms with Crippen molar-refractivity contribution in [3.05, 3.63) is 12.3 Å². The quantitative estimate of drug-likeness (QED) is 0.526. The van der Waals surface area contributed by atoms with Crippen molar-refractivity contribution in [2.45, 2.75) is 0 Å². The highest BCUT2D eigenvalue weighted by Gasteiger charge is 2.13. The van der Waals surface area contributed by atoms with Gasteiger partial charge in [-0.1, -0.05) is 0 Å². The zero-order valence-electron chi connectivity index (χ0n) is 10.2. The number of nitrogens with one attached hydrogen (secondary N) is 2. The van der Waals surface area contributed by atoms with Gasteiger partial charge < -0.3 is 10.2 Å². The molecule has 0 saturated heterocycles. The molecule has 0 amide bonds. The first-order chi connectivity index (χ1) is 8.31. The number of hydrogen-bond donors (Lipinski definition) is 2. The summed E-state index contributed by atoms with van der Waals surface area (Å²) in [6.07, 6.45) is 6.47. The Morgan fingerprint density at radius 1 is 1.71 bits per heavy atom. The lowest BCUT2D eigenvalue weighted by molar-refractivity contribution is 0.484. The maximum Gasteiger partial charge on any atom is 0.141 e. The van der Waals surface area contributed by atoms with Crippen LogP contribution >= 0.6 is 0 Å². The van der Waals surface area contributed by atoms with Crippen molar-refractivity contribution in [2.24, 2.45) is 15.0 Å². The first-order valence-electron chi connectivity index (χ1n) is 5.42. The molecule has 0 atom stereocenters. The van der Waals surface area contributed by atoms with Gasteiger partial charge in [-0.3, -0.25) is 15.4 Å². The second-order valence-electron chi connectivity index (χ2n) is 3.41. The van der Waals surface area contributed by atoms with E-state index in [-0.39, 0.29) is 0 Å². The predicted octanol–water partition coefficient (Wildman–Crippen LogP) is 0.182. The van der Waals surface area contributed by atoms with E-state index < -0.39 is 0 Å². The van der Waals surface area contributed by atoms with Crippen molar-refractivity contribution in [1.82, 2.24) is 10.2 Å². The standard InChI is InChI=1S/C11H18N6/c1-13-4-3-10(16-9-12)8-17-6-5-15-7-11(17)14-2/h3-4,7,9,12-13H,5-6,8H2,1-2H3/b4-3+,12-9?,14-11-,16-10+. The third kappa shape index (κ3) is 4.18. The number of rotatable bonds is 5. The minimum Gasteiger partial charge on any atom is -0.394 e. The van der Waals surface area contributed by atoms with E-state index >= 15 is 0 Å². The van der Waals surface area contributed by atoms with Crippen molar-refractivity contribution in [3.63, 3.8) is 0 Å². The summed E-state index contributed by atoms with van der Waals surface area (Å²) in [4.78, 5) is 14.5. The smallest absolute Gasteiger partial charge is 0.141 e. The summed E-state index contributed by atoms with van der Waals surface area (Å²) in [5.41, 5.74) is 0.811. The molecular weight excluding hydrogens is 216 g/mol. The van der Waals surface area contributed by atoms with Crippen molar-refractivity contribution in [3.8, 4) is 0 Å². The molecule has 0 saturated carbocycles. The number of hydrogen-bond acceptors (Lipinski definition) is 4. The van der Waals surface area contributed by atoms with Crippen molar-refractivity contribution < 1.29 is 0 Å². The van der Waals surface area contributed by atoms with E-state index in [0.29, 0.717) is 6.54 Å². The molecule has 6 nitrogen and oxygen atoms in total. The Balaban J connectivity index is 2.73. The van der Waals surface area contributed by atoms with Crippen LogP contribution in [0.15, 0.2) is 27.3 Å². The molecule has 0 fully saturated rings. The molecule has 0 aromatic rings. The van der Waals surface area contributed by atoms with E-state index in [2.05, 4.69) is 25.2 Å². The molecule has 0 radical (unpaired) electrons. The number of nitrogens with zero attached hydrogens (tertiary/aromatic N) is 4. The lowest BCUT2D eigenvalue weighted by atomic mass is 10.3. The van der Waals surface area contributed by atoms with Gasteiger partial charge in [0.1, 0.15) is 12.2 Å². The average Bonchev–Trinajstić information content (AvgIpc) is 2.37. The van der Waals surface area contributed by atoms with E-state index in [1.54, 1.807) is 19.5 Å². The monoisotopic (exact) mass is 234 g/mol. The molecular formula is C11H18N6. The summed E-state index contributed by atoms with van der Waals surface area (Å²) in [5.74, 6) is 0.854. The lowest BCUT2D eigenvalue weighted by Crippen LogP contribution is -2.40. The first kappa shape index (κ1) is 13.1. The molecule has 0 spiro atoms. The Morgan fingerprint density at radius 3 is 3.18 bits per heavy atom. The normalized spacial score (nSPS) is 19.1. The Morgan fingerprint density at radius 2 is 2.53 bits per heavy atom. The summed E-state index contributed by atoms with van der Waals surface area (Å²) >= 11 is 0. The molecule has 1 aliphatic heterocycles. The molecule has 0 aliphatic carbocycles. The van der Waals surface area contributed by atoms with Gasteiger partial charge in [-0.15, -0.1) is 0 Å². The van der Waals surface area contributed by atoms with Crippen LogP contribution in [0.4, 0.5) is 0 Å². The minimum absolute atomic E-state index is 0.631. The molecule has 92 valence electrons. The summed E-state index contributed by atoms with van der Waals surface area (Å²) in [6, 6.07) is 0. The lowest BCUT2D eigenvalue weighted by Gasteiger charge is -2.25. The van der Waals surface area contributed by atoms with Gasteiger partial charge in [-0.25, -0.2) is 4.99 Å². The van der Waals surface area contributed by atoms with Crippen molar-refractivity contribution >= 4 is 24.1 Å². The second kappa shape index (κ2) is 7.32. The van der Waals surface area contributed by atoms with Crippen LogP contribution in [0.25, 0.3) is 0 Å². The van der Waals surface area contributed by atoms with Crippen LogP contribution in [-0.4, -0.2) is 62.7 Å². The predicted molar refractivity (Wildman–Crippen MR) is 72.7 cm³/mol. The van der Waals surface area contributed by atoms with Gasteiger partial charge in [0.15, 0.2) is 0 Å². The van der Waals surface area contributed by atoms with Gasteiger partial charge >= 0.3 is 0 Å². The zero-order valence-corrected chi connectivity index (χ0v) is 10.2. The van der Waals surface area contributed by atoms with Crippen molar-refractivity contribution in [1.29, 1.82) is 5.41 Å². The fourth-order valence-electron chi connectivity index (χ4n) is 1.47. The van der Waals surface area contributed by atoms with E-state index in [9.17, 15) is 0 Å². The highest BCUT2D eigenvalue weighted by atomic mass is 15.2. The van der Waals surface area contributed by atoms with Crippen LogP contribution < -0.4 is 5.32 Å². The molecule has 0 bridgehead atoms. The number of amidine groups is 1. The third-order valence-corrected chi connectivity index (χ3v) is 2.28.